The molecule has 25 heavy (non-hydrogen) atoms. The number of carbonyl (C=O) groups is 1. The van der Waals surface area contributed by atoms with Crippen molar-refractivity contribution in [1.29, 1.82) is 0 Å². The standard InChI is InChI=1S/C21H27NO2S/c1-5-19(18-9-10-20(24-4)16(3)12-18)22-21(23)14-25-13-17-8-6-7-15(2)11-17/h6-12,19H,5,13-14H2,1-4H3,(H,22,23)/t19-/m1/s1. The minimum atomic E-state index is 0.0386. The number of benzene rings is 2. The van der Waals surface area contributed by atoms with Crippen molar-refractivity contribution in [2.24, 2.45) is 0 Å². The first-order valence-corrected chi connectivity index (χ1v) is 9.76. The van der Waals surface area contributed by atoms with Crippen molar-refractivity contribution in [3.05, 3.63) is 64.7 Å². The van der Waals surface area contributed by atoms with E-state index in [0.29, 0.717) is 5.75 Å². The fourth-order valence-corrected chi connectivity index (χ4v) is 3.63. The number of carbonyl (C=O) groups excluding carboxylic acids is 1. The molecule has 0 bridgehead atoms. The summed E-state index contributed by atoms with van der Waals surface area (Å²) in [4.78, 5) is 12.3. The zero-order valence-electron chi connectivity index (χ0n) is 15.5. The molecule has 0 spiro atoms. The van der Waals surface area contributed by atoms with Crippen LogP contribution in [0, 0.1) is 13.8 Å². The smallest absolute Gasteiger partial charge is 0.230 e. The highest BCUT2D eigenvalue weighted by Gasteiger charge is 2.14. The van der Waals surface area contributed by atoms with E-state index >= 15 is 0 Å². The maximum Gasteiger partial charge on any atom is 0.230 e. The highest BCUT2D eigenvalue weighted by Crippen LogP contribution is 2.24. The van der Waals surface area contributed by atoms with Gasteiger partial charge in [0.25, 0.3) is 0 Å². The van der Waals surface area contributed by atoms with Gasteiger partial charge in [0, 0.05) is 5.75 Å². The largest absolute Gasteiger partial charge is 0.496 e. The molecule has 0 aliphatic rings. The number of rotatable bonds is 8. The molecule has 3 nitrogen and oxygen atoms in total. The van der Waals surface area contributed by atoms with Gasteiger partial charge in [0.1, 0.15) is 5.75 Å². The molecule has 4 heteroatoms. The van der Waals surface area contributed by atoms with Crippen LogP contribution >= 0.6 is 11.8 Å². The number of nitrogens with one attached hydrogen (secondary N) is 1. The van der Waals surface area contributed by atoms with Gasteiger partial charge in [0.05, 0.1) is 18.9 Å². The SMILES string of the molecule is CC[C@@H](NC(=O)CSCc1cccc(C)c1)c1ccc(OC)c(C)c1. The van der Waals surface area contributed by atoms with E-state index in [1.165, 1.54) is 11.1 Å². The van der Waals surface area contributed by atoms with E-state index < -0.39 is 0 Å². The number of amides is 1. The molecule has 0 saturated carbocycles. The summed E-state index contributed by atoms with van der Waals surface area (Å²) in [7, 11) is 1.67. The Morgan fingerprint density at radius 1 is 1.20 bits per heavy atom. The van der Waals surface area contributed by atoms with Crippen molar-refractivity contribution >= 4 is 17.7 Å². The molecule has 1 atom stereocenters. The van der Waals surface area contributed by atoms with E-state index in [1.54, 1.807) is 18.9 Å². The van der Waals surface area contributed by atoms with Crippen LogP contribution in [-0.4, -0.2) is 18.8 Å². The van der Waals surface area contributed by atoms with Gasteiger partial charge in [-0.2, -0.15) is 0 Å². The molecule has 134 valence electrons. The number of thioether (sulfide) groups is 1. The Morgan fingerprint density at radius 2 is 2.00 bits per heavy atom. The van der Waals surface area contributed by atoms with Crippen molar-refractivity contribution in [2.45, 2.75) is 39.0 Å². The summed E-state index contributed by atoms with van der Waals surface area (Å²) in [5.74, 6) is 2.28. The van der Waals surface area contributed by atoms with E-state index in [9.17, 15) is 4.79 Å². The lowest BCUT2D eigenvalue weighted by atomic mass is 10.0. The molecule has 0 aliphatic heterocycles. The van der Waals surface area contributed by atoms with Crippen molar-refractivity contribution in [3.8, 4) is 5.75 Å². The molecule has 0 heterocycles. The molecule has 2 aromatic carbocycles. The van der Waals surface area contributed by atoms with Gasteiger partial charge in [0.15, 0.2) is 0 Å². The molecule has 2 aromatic rings. The summed E-state index contributed by atoms with van der Waals surface area (Å²) < 4.78 is 5.31. The van der Waals surface area contributed by atoms with Crippen molar-refractivity contribution in [2.75, 3.05) is 12.9 Å². The third-order valence-electron chi connectivity index (χ3n) is 4.15. The molecule has 0 unspecified atom stereocenters. The van der Waals surface area contributed by atoms with Gasteiger partial charge in [-0.3, -0.25) is 4.79 Å². The van der Waals surface area contributed by atoms with Gasteiger partial charge in [-0.05, 0) is 43.0 Å². The lowest BCUT2D eigenvalue weighted by molar-refractivity contribution is -0.119. The van der Waals surface area contributed by atoms with Crippen LogP contribution < -0.4 is 10.1 Å². The Labute approximate surface area is 155 Å². The number of ether oxygens (including phenoxy) is 1. The van der Waals surface area contributed by atoms with Gasteiger partial charge in [-0.1, -0.05) is 48.9 Å². The molecular formula is C21H27NO2S. The van der Waals surface area contributed by atoms with Gasteiger partial charge < -0.3 is 10.1 Å². The Kier molecular flexibility index (Phi) is 7.38. The maximum absolute atomic E-state index is 12.3. The minimum absolute atomic E-state index is 0.0386. The zero-order valence-corrected chi connectivity index (χ0v) is 16.3. The molecule has 1 N–H and O–H groups in total. The first kappa shape index (κ1) is 19.4. The van der Waals surface area contributed by atoms with Gasteiger partial charge in [-0.25, -0.2) is 0 Å². The Balaban J connectivity index is 1.88. The summed E-state index contributed by atoms with van der Waals surface area (Å²) in [6, 6.07) is 14.5. The van der Waals surface area contributed by atoms with Crippen LogP contribution in [0.25, 0.3) is 0 Å². The molecule has 0 saturated heterocycles. The minimum Gasteiger partial charge on any atom is -0.496 e. The van der Waals surface area contributed by atoms with Crippen LogP contribution in [0.5, 0.6) is 5.75 Å². The van der Waals surface area contributed by atoms with Crippen LogP contribution in [0.2, 0.25) is 0 Å². The predicted molar refractivity (Wildman–Crippen MR) is 106 cm³/mol. The van der Waals surface area contributed by atoms with Crippen molar-refractivity contribution < 1.29 is 9.53 Å². The fourth-order valence-electron chi connectivity index (χ4n) is 2.84. The van der Waals surface area contributed by atoms with Crippen LogP contribution in [0.1, 0.15) is 41.6 Å². The van der Waals surface area contributed by atoms with Crippen molar-refractivity contribution in [3.63, 3.8) is 0 Å². The molecule has 0 fully saturated rings. The molecule has 2 rings (SSSR count). The topological polar surface area (TPSA) is 38.3 Å². The van der Waals surface area contributed by atoms with E-state index in [1.807, 2.05) is 19.1 Å². The zero-order chi connectivity index (χ0) is 18.2. The Hall–Kier alpha value is -1.94. The normalized spacial score (nSPS) is 11.8. The number of hydrogen-bond donors (Lipinski definition) is 1. The van der Waals surface area contributed by atoms with Crippen LogP contribution in [0.3, 0.4) is 0 Å². The van der Waals surface area contributed by atoms with Gasteiger partial charge >= 0.3 is 0 Å². The summed E-state index contributed by atoms with van der Waals surface area (Å²) in [5.41, 5.74) is 4.72. The number of hydrogen-bond acceptors (Lipinski definition) is 3. The van der Waals surface area contributed by atoms with Crippen LogP contribution in [0.15, 0.2) is 42.5 Å². The summed E-state index contributed by atoms with van der Waals surface area (Å²) >= 11 is 1.65. The molecule has 1 amide bonds. The summed E-state index contributed by atoms with van der Waals surface area (Å²) in [5, 5.41) is 3.14. The average molecular weight is 358 g/mol. The second-order valence-corrected chi connectivity index (χ2v) is 7.22. The predicted octanol–water partition coefficient (Wildman–Crippen LogP) is 4.81. The third-order valence-corrected chi connectivity index (χ3v) is 5.15. The van der Waals surface area contributed by atoms with E-state index in [2.05, 4.69) is 49.5 Å². The third kappa shape index (κ3) is 5.82. The second-order valence-electron chi connectivity index (χ2n) is 6.24. The molecule has 0 aromatic heterocycles. The second kappa shape index (κ2) is 9.52. The first-order valence-electron chi connectivity index (χ1n) is 8.60. The monoisotopic (exact) mass is 357 g/mol. The molecular weight excluding hydrogens is 330 g/mol. The Morgan fingerprint density at radius 3 is 2.64 bits per heavy atom. The molecule has 0 aliphatic carbocycles. The van der Waals surface area contributed by atoms with Crippen LogP contribution in [0.4, 0.5) is 0 Å². The van der Waals surface area contributed by atoms with Gasteiger partial charge in [0.2, 0.25) is 5.91 Å². The van der Waals surface area contributed by atoms with Crippen LogP contribution in [-0.2, 0) is 10.5 Å². The highest BCUT2D eigenvalue weighted by molar-refractivity contribution is 7.99. The summed E-state index contributed by atoms with van der Waals surface area (Å²) in [6.07, 6.45) is 0.861. The maximum atomic E-state index is 12.3. The number of methoxy groups -OCH3 is 1. The lowest BCUT2D eigenvalue weighted by Crippen LogP contribution is -2.29. The van der Waals surface area contributed by atoms with Gasteiger partial charge in [-0.15, -0.1) is 11.8 Å². The average Bonchev–Trinajstić information content (AvgIpc) is 2.59. The van der Waals surface area contributed by atoms with E-state index in [-0.39, 0.29) is 11.9 Å². The quantitative estimate of drug-likeness (QED) is 0.736. The van der Waals surface area contributed by atoms with Crippen molar-refractivity contribution in [1.82, 2.24) is 5.32 Å². The summed E-state index contributed by atoms with van der Waals surface area (Å²) in [6.45, 7) is 6.20. The fraction of sp³-hybridized carbons (Fsp3) is 0.381. The lowest BCUT2D eigenvalue weighted by Gasteiger charge is -2.19. The number of aryl methyl sites for hydroxylation is 2. The first-order chi connectivity index (χ1) is 12.0. The Bertz CT molecular complexity index is 715. The molecule has 0 radical (unpaired) electrons. The highest BCUT2D eigenvalue weighted by atomic mass is 32.2. The van der Waals surface area contributed by atoms with E-state index in [4.69, 9.17) is 4.74 Å². The van der Waals surface area contributed by atoms with E-state index in [0.717, 1.165) is 29.1 Å².